The fraction of sp³-hybridized carbons (Fsp3) is 0.529. The van der Waals surface area contributed by atoms with Gasteiger partial charge in [0.25, 0.3) is 5.91 Å². The molecule has 0 aliphatic carbocycles. The summed E-state index contributed by atoms with van der Waals surface area (Å²) in [5.74, 6) is 1.68. The molecule has 0 spiro atoms. The molecule has 0 saturated carbocycles. The van der Waals surface area contributed by atoms with Crippen LogP contribution in [-0.4, -0.2) is 59.0 Å². The van der Waals surface area contributed by atoms with E-state index < -0.39 is 0 Å². The highest BCUT2D eigenvalue weighted by atomic mass is 35.5. The van der Waals surface area contributed by atoms with Gasteiger partial charge in [0.15, 0.2) is 0 Å². The molecule has 24 heavy (non-hydrogen) atoms. The van der Waals surface area contributed by atoms with Crippen molar-refractivity contribution < 1.29 is 4.79 Å². The van der Waals surface area contributed by atoms with E-state index in [9.17, 15) is 4.79 Å². The number of imidazole rings is 1. The molecular weight excluding hydrogens is 344 g/mol. The van der Waals surface area contributed by atoms with Gasteiger partial charge in [-0.2, -0.15) is 0 Å². The number of rotatable bonds is 5. The Bertz CT molecular complexity index is 688. The molecule has 5 nitrogen and oxygen atoms in total. The highest BCUT2D eigenvalue weighted by molar-refractivity contribution is 7.17. The van der Waals surface area contributed by atoms with Crippen LogP contribution in [0.1, 0.15) is 34.3 Å². The van der Waals surface area contributed by atoms with Crippen molar-refractivity contribution in [2.75, 3.05) is 33.7 Å². The number of nitrogens with zero attached hydrogens (tertiary/aromatic N) is 4. The molecule has 0 bridgehead atoms. The maximum atomic E-state index is 12.5. The van der Waals surface area contributed by atoms with Crippen LogP contribution < -0.4 is 0 Å². The van der Waals surface area contributed by atoms with Crippen LogP contribution in [0.5, 0.6) is 0 Å². The highest BCUT2D eigenvalue weighted by Gasteiger charge is 2.27. The lowest BCUT2D eigenvalue weighted by molar-refractivity contribution is 0.0715. The van der Waals surface area contributed by atoms with E-state index in [0.717, 1.165) is 49.7 Å². The number of likely N-dealkylation sites (tertiary alicyclic amines) is 1. The Labute approximate surface area is 151 Å². The third-order valence-electron chi connectivity index (χ3n) is 4.47. The second-order valence-corrected chi connectivity index (χ2v) is 8.17. The Hall–Kier alpha value is -1.37. The topological polar surface area (TPSA) is 41.4 Å². The van der Waals surface area contributed by atoms with Crippen molar-refractivity contribution in [2.24, 2.45) is 0 Å². The molecule has 1 aliphatic rings. The summed E-state index contributed by atoms with van der Waals surface area (Å²) in [4.78, 5) is 21.9. The molecule has 3 rings (SSSR count). The first-order valence-corrected chi connectivity index (χ1v) is 9.44. The van der Waals surface area contributed by atoms with Crippen molar-refractivity contribution in [3.63, 3.8) is 0 Å². The van der Waals surface area contributed by atoms with Crippen LogP contribution in [-0.2, 0) is 6.54 Å². The van der Waals surface area contributed by atoms with Crippen molar-refractivity contribution in [2.45, 2.75) is 25.3 Å². The van der Waals surface area contributed by atoms with Gasteiger partial charge in [-0.15, -0.1) is 11.3 Å². The number of likely N-dealkylation sites (N-methyl/N-ethyl adjacent to an activating group) is 1. The second-order valence-electron chi connectivity index (χ2n) is 6.45. The van der Waals surface area contributed by atoms with Gasteiger partial charge in [-0.3, -0.25) is 4.79 Å². The van der Waals surface area contributed by atoms with E-state index in [1.807, 2.05) is 17.2 Å². The number of amides is 1. The van der Waals surface area contributed by atoms with E-state index in [1.54, 1.807) is 6.07 Å². The molecule has 1 saturated heterocycles. The Morgan fingerprint density at radius 1 is 1.38 bits per heavy atom. The van der Waals surface area contributed by atoms with Crippen molar-refractivity contribution in [1.82, 2.24) is 19.4 Å². The summed E-state index contributed by atoms with van der Waals surface area (Å²) in [7, 11) is 4.16. The molecule has 130 valence electrons. The fourth-order valence-corrected chi connectivity index (χ4v) is 4.11. The first kappa shape index (κ1) is 17.5. The number of thiophene rings is 1. The molecule has 1 amide bonds. The molecule has 0 aromatic carbocycles. The molecular formula is C17H23ClN4OS. The predicted octanol–water partition coefficient (Wildman–Crippen LogP) is 3.18. The lowest BCUT2D eigenvalue weighted by Crippen LogP contribution is -2.38. The normalized spacial score (nSPS) is 16.1. The number of hydrogen-bond acceptors (Lipinski definition) is 4. The smallest absolute Gasteiger partial charge is 0.263 e. The monoisotopic (exact) mass is 366 g/mol. The van der Waals surface area contributed by atoms with Gasteiger partial charge < -0.3 is 14.4 Å². The SMILES string of the molecule is CN(C)CCn1ccnc1C1CCN(C(=O)c2ccc(Cl)s2)CC1. The zero-order valence-corrected chi connectivity index (χ0v) is 15.7. The Balaban J connectivity index is 1.59. The van der Waals surface area contributed by atoms with E-state index >= 15 is 0 Å². The third kappa shape index (κ3) is 3.99. The summed E-state index contributed by atoms with van der Waals surface area (Å²) in [6, 6.07) is 3.60. The van der Waals surface area contributed by atoms with Crippen LogP contribution >= 0.6 is 22.9 Å². The maximum absolute atomic E-state index is 12.5. The lowest BCUT2D eigenvalue weighted by atomic mass is 9.95. The van der Waals surface area contributed by atoms with E-state index in [2.05, 4.69) is 34.7 Å². The van der Waals surface area contributed by atoms with E-state index in [0.29, 0.717) is 10.3 Å². The number of carbonyl (C=O) groups is 1. The Morgan fingerprint density at radius 3 is 2.75 bits per heavy atom. The van der Waals surface area contributed by atoms with Crippen LogP contribution in [0.15, 0.2) is 24.5 Å². The number of hydrogen-bond donors (Lipinski definition) is 0. The molecule has 0 N–H and O–H groups in total. The summed E-state index contributed by atoms with van der Waals surface area (Å²) < 4.78 is 2.91. The molecule has 0 atom stereocenters. The third-order valence-corrected chi connectivity index (χ3v) is 5.69. The van der Waals surface area contributed by atoms with Gasteiger partial charge >= 0.3 is 0 Å². The minimum atomic E-state index is 0.0984. The largest absolute Gasteiger partial charge is 0.338 e. The molecule has 2 aromatic rings. The number of halogens is 1. The number of carbonyl (C=O) groups excluding carboxylic acids is 1. The second kappa shape index (κ2) is 7.68. The maximum Gasteiger partial charge on any atom is 0.263 e. The summed E-state index contributed by atoms with van der Waals surface area (Å²) in [5.41, 5.74) is 0. The van der Waals surface area contributed by atoms with Crippen molar-refractivity contribution in [3.8, 4) is 0 Å². The van der Waals surface area contributed by atoms with E-state index in [-0.39, 0.29) is 5.91 Å². The van der Waals surface area contributed by atoms with E-state index in [4.69, 9.17) is 11.6 Å². The van der Waals surface area contributed by atoms with Gasteiger partial charge in [0.1, 0.15) is 5.82 Å². The van der Waals surface area contributed by atoms with Crippen LogP contribution in [0.4, 0.5) is 0 Å². The quantitative estimate of drug-likeness (QED) is 0.816. The average molecular weight is 367 g/mol. The average Bonchev–Trinajstić information content (AvgIpc) is 3.21. The fourth-order valence-electron chi connectivity index (χ4n) is 3.10. The van der Waals surface area contributed by atoms with Crippen molar-refractivity contribution in [1.29, 1.82) is 0 Å². The molecule has 0 radical (unpaired) electrons. The minimum Gasteiger partial charge on any atom is -0.338 e. The minimum absolute atomic E-state index is 0.0984. The lowest BCUT2D eigenvalue weighted by Gasteiger charge is -2.31. The van der Waals surface area contributed by atoms with Gasteiger partial charge in [-0.25, -0.2) is 4.98 Å². The molecule has 2 aromatic heterocycles. The van der Waals surface area contributed by atoms with Crippen molar-refractivity contribution >= 4 is 28.8 Å². The first-order chi connectivity index (χ1) is 11.5. The Morgan fingerprint density at radius 2 is 2.12 bits per heavy atom. The predicted molar refractivity (Wildman–Crippen MR) is 98.0 cm³/mol. The molecule has 7 heteroatoms. The standard InChI is InChI=1S/C17H23ClN4OS/c1-20(2)11-12-21-10-7-19-16(21)13-5-8-22(9-6-13)17(23)14-3-4-15(18)24-14/h3-4,7,10,13H,5-6,8-9,11-12H2,1-2H3. The molecule has 1 fully saturated rings. The van der Waals surface area contributed by atoms with Gasteiger partial charge in [-0.05, 0) is 39.1 Å². The molecule has 0 unspecified atom stereocenters. The number of aromatic nitrogens is 2. The van der Waals surface area contributed by atoms with Crippen LogP contribution in [0.25, 0.3) is 0 Å². The number of piperidine rings is 1. The summed E-state index contributed by atoms with van der Waals surface area (Å²) in [5, 5.41) is 0. The van der Waals surface area contributed by atoms with Crippen LogP contribution in [0.3, 0.4) is 0 Å². The van der Waals surface area contributed by atoms with Gasteiger partial charge in [-0.1, -0.05) is 11.6 Å². The molecule has 1 aliphatic heterocycles. The van der Waals surface area contributed by atoms with Gasteiger partial charge in [0.2, 0.25) is 0 Å². The Kier molecular flexibility index (Phi) is 5.58. The van der Waals surface area contributed by atoms with Crippen LogP contribution in [0.2, 0.25) is 4.34 Å². The molecule has 3 heterocycles. The highest BCUT2D eigenvalue weighted by Crippen LogP contribution is 2.29. The van der Waals surface area contributed by atoms with Gasteiger partial charge in [0, 0.05) is 44.5 Å². The first-order valence-electron chi connectivity index (χ1n) is 8.25. The van der Waals surface area contributed by atoms with Crippen LogP contribution in [0, 0.1) is 0 Å². The zero-order chi connectivity index (χ0) is 17.1. The summed E-state index contributed by atoms with van der Waals surface area (Å²) in [6.45, 7) is 3.51. The summed E-state index contributed by atoms with van der Waals surface area (Å²) in [6.07, 6.45) is 5.87. The van der Waals surface area contributed by atoms with E-state index in [1.165, 1.54) is 11.3 Å². The zero-order valence-electron chi connectivity index (χ0n) is 14.1. The van der Waals surface area contributed by atoms with Gasteiger partial charge in [0.05, 0.1) is 9.21 Å². The van der Waals surface area contributed by atoms with Crippen molar-refractivity contribution in [3.05, 3.63) is 39.6 Å². The summed E-state index contributed by atoms with van der Waals surface area (Å²) >= 11 is 7.29.